The van der Waals surface area contributed by atoms with Crippen molar-refractivity contribution >= 4 is 65.0 Å². The van der Waals surface area contributed by atoms with Crippen molar-refractivity contribution in [1.82, 2.24) is 42.1 Å². The second-order valence-corrected chi connectivity index (χ2v) is 20.7. The second-order valence-electron chi connectivity index (χ2n) is 20.7. The van der Waals surface area contributed by atoms with Gasteiger partial charge in [-0.25, -0.2) is 0 Å². The Morgan fingerprint density at radius 1 is 0.615 bits per heavy atom. The number of benzene rings is 1. The number of hydrogen-bond donors (Lipinski definition) is 13. The quantitative estimate of drug-likeness (QED) is 0.0514. The van der Waals surface area contributed by atoms with Crippen LogP contribution in [0.3, 0.4) is 0 Å². The lowest BCUT2D eigenvalue weighted by Crippen LogP contribution is -2.61. The number of amides is 11. The fraction of sp³-hybridized carbons (Fsp3) is 0.679. The van der Waals surface area contributed by atoms with E-state index in [4.69, 9.17) is 17.2 Å². The Labute approximate surface area is 455 Å². The molecule has 0 aromatic heterocycles. The van der Waals surface area contributed by atoms with Crippen LogP contribution in [0, 0.1) is 5.92 Å². The molecule has 2 fully saturated rings. The van der Waals surface area contributed by atoms with E-state index < -0.39 is 158 Å². The number of primary amides is 3. The molecule has 2 aliphatic heterocycles. The van der Waals surface area contributed by atoms with Gasteiger partial charge >= 0.3 is 0 Å². The lowest BCUT2D eigenvalue weighted by atomic mass is 9.96. The Bertz CT molecular complexity index is 2200. The van der Waals surface area contributed by atoms with Crippen molar-refractivity contribution in [3.8, 4) is 5.75 Å². The summed E-state index contributed by atoms with van der Waals surface area (Å²) in [4.78, 5) is 150. The van der Waals surface area contributed by atoms with E-state index in [1.165, 1.54) is 63.3 Å². The van der Waals surface area contributed by atoms with Crippen LogP contribution in [0.2, 0.25) is 0 Å². The number of phenolic OH excluding ortho intramolecular Hbond substituents is 1. The third-order valence-electron chi connectivity index (χ3n) is 13.9. The fourth-order valence-electron chi connectivity index (χ4n) is 9.53. The number of nitrogens with one attached hydrogen (secondary N) is 7. The number of rotatable bonds is 25. The van der Waals surface area contributed by atoms with E-state index in [-0.39, 0.29) is 38.0 Å². The number of aromatic hydroxyl groups is 1. The summed E-state index contributed by atoms with van der Waals surface area (Å²) < 4.78 is 0. The molecule has 0 saturated carbocycles. The van der Waals surface area contributed by atoms with Gasteiger partial charge in [0.1, 0.15) is 48.0 Å². The molecule has 2 saturated heterocycles. The first-order valence-corrected chi connectivity index (χ1v) is 27.4. The summed E-state index contributed by atoms with van der Waals surface area (Å²) in [6, 6.07) is -7.10. The summed E-state index contributed by atoms with van der Waals surface area (Å²) >= 11 is 0. The molecule has 25 heteroatoms. The summed E-state index contributed by atoms with van der Waals surface area (Å²) in [6.45, 7) is 4.50. The average Bonchev–Trinajstić information content (AvgIpc) is 3.88. The normalized spacial score (nSPS) is 24.3. The maximum absolute atomic E-state index is 14.3. The zero-order valence-corrected chi connectivity index (χ0v) is 45.4. The molecule has 78 heavy (non-hydrogen) atoms. The maximum atomic E-state index is 14.3. The van der Waals surface area contributed by atoms with E-state index >= 15 is 0 Å². The van der Waals surface area contributed by atoms with Gasteiger partial charge in [0.15, 0.2) is 0 Å². The number of fused-ring (bicyclic) bond motifs is 1. The van der Waals surface area contributed by atoms with Crippen LogP contribution in [0.4, 0.5) is 0 Å². The number of hydrogen-bond acceptors (Lipinski definition) is 14. The van der Waals surface area contributed by atoms with Crippen molar-refractivity contribution < 1.29 is 68.1 Å². The molecule has 2 aliphatic rings. The van der Waals surface area contributed by atoms with E-state index in [1.807, 2.05) is 0 Å². The Morgan fingerprint density at radius 3 is 1.76 bits per heavy atom. The average molecular weight is 1100 g/mol. The standard InChI is InChI=1S/C53H85N11O14/c1-4-5-6-11-15-31(2)16-12-9-7-8-10-13-17-34-27-45(71)58-38(28-43(55)69)49(74)60-37(26-33-19-21-35(67)22-20-33)48(73)61-39(29-44(56)70)53(78)64-25-14-18-41(64)51(76)59-36(23-24-42(54)68)47(72)62-40(30-65)50(75)63-46(32(3)66)52(77)57-34/h19-22,31-32,34,36-41,46,65-67H,4-18,23-30H2,1-3H3,(H2,54,68)(H2,55,69)(H2,56,70)(H,57,77)(H,58,71)(H,59,76)(H,60,74)(H,61,73)(H,62,72)(H,63,75)/t31?,32-,34?,36+,37-,38+,39-,40-,41+,46+/m1/s1. The highest BCUT2D eigenvalue weighted by Gasteiger charge is 2.41. The minimum atomic E-state index is -1.81. The van der Waals surface area contributed by atoms with Crippen LogP contribution in [0.1, 0.15) is 155 Å². The largest absolute Gasteiger partial charge is 0.508 e. The summed E-state index contributed by atoms with van der Waals surface area (Å²) in [5.74, 6) is -10.6. The summed E-state index contributed by atoms with van der Waals surface area (Å²) in [5.41, 5.74) is 16.8. The number of aliphatic hydroxyl groups is 2. The van der Waals surface area contributed by atoms with Crippen LogP contribution >= 0.6 is 0 Å². The molecule has 10 atom stereocenters. The Hall–Kier alpha value is -6.89. The summed E-state index contributed by atoms with van der Waals surface area (Å²) in [7, 11) is 0. The molecule has 1 aromatic carbocycles. The zero-order chi connectivity index (χ0) is 57.9. The van der Waals surface area contributed by atoms with E-state index in [2.05, 4.69) is 51.1 Å². The van der Waals surface area contributed by atoms with Crippen molar-refractivity contribution in [3.05, 3.63) is 29.8 Å². The van der Waals surface area contributed by atoms with Gasteiger partial charge in [-0.1, -0.05) is 103 Å². The first-order chi connectivity index (χ1) is 37.0. The van der Waals surface area contributed by atoms with Gasteiger partial charge in [-0.3, -0.25) is 52.7 Å². The Balaban J connectivity index is 2.05. The molecular formula is C53H85N11O14. The lowest BCUT2D eigenvalue weighted by molar-refractivity contribution is -0.143. The molecule has 2 heterocycles. The van der Waals surface area contributed by atoms with Crippen molar-refractivity contribution in [2.24, 2.45) is 23.1 Å². The molecule has 436 valence electrons. The van der Waals surface area contributed by atoms with Crippen molar-refractivity contribution in [2.45, 2.75) is 210 Å². The first kappa shape index (κ1) is 65.4. The van der Waals surface area contributed by atoms with Gasteiger partial charge in [0.05, 0.1) is 25.6 Å². The maximum Gasteiger partial charge on any atom is 0.246 e. The summed E-state index contributed by atoms with van der Waals surface area (Å²) in [5, 5.41) is 48.3. The molecule has 0 aliphatic carbocycles. The van der Waals surface area contributed by atoms with Gasteiger partial charge in [0.2, 0.25) is 65.0 Å². The Kier molecular flexibility index (Phi) is 28.6. The van der Waals surface area contributed by atoms with Gasteiger partial charge in [-0.05, 0) is 56.2 Å². The van der Waals surface area contributed by atoms with Gasteiger partial charge in [-0.15, -0.1) is 0 Å². The minimum Gasteiger partial charge on any atom is -0.508 e. The number of aliphatic hydroxyl groups excluding tert-OH is 2. The molecule has 2 unspecified atom stereocenters. The smallest absolute Gasteiger partial charge is 0.246 e. The highest BCUT2D eigenvalue weighted by molar-refractivity contribution is 6.00. The van der Waals surface area contributed by atoms with Crippen molar-refractivity contribution in [1.29, 1.82) is 0 Å². The molecule has 25 nitrogen and oxygen atoms in total. The molecule has 1 aromatic rings. The van der Waals surface area contributed by atoms with Crippen molar-refractivity contribution in [3.63, 3.8) is 0 Å². The highest BCUT2D eigenvalue weighted by Crippen LogP contribution is 2.22. The SMILES string of the molecule is CCCCCCC(C)CCCCCCCCC1CC(=O)N[C@@H](CC(N)=O)C(=O)N[C@H](Cc2ccc(O)cc2)C(=O)N[C@H](CC(N)=O)C(=O)N2CCC[C@H]2C(=O)N[C@@H](CCC(N)=O)C(=O)N[C@H](CO)C(=O)N[C@@H]([C@@H](C)O)C(=O)N1. The Morgan fingerprint density at radius 2 is 1.15 bits per heavy atom. The first-order valence-electron chi connectivity index (χ1n) is 27.4. The van der Waals surface area contributed by atoms with Crippen molar-refractivity contribution in [2.75, 3.05) is 13.2 Å². The molecule has 11 amide bonds. The monoisotopic (exact) mass is 1100 g/mol. The molecule has 16 N–H and O–H groups in total. The highest BCUT2D eigenvalue weighted by atomic mass is 16.3. The third kappa shape index (κ3) is 23.4. The van der Waals surface area contributed by atoms with Crippen LogP contribution in [0.5, 0.6) is 5.75 Å². The van der Waals surface area contributed by atoms with Crippen LogP contribution in [-0.2, 0) is 59.2 Å². The van der Waals surface area contributed by atoms with Crippen LogP contribution < -0.4 is 54.4 Å². The van der Waals surface area contributed by atoms with E-state index in [9.17, 15) is 68.1 Å². The van der Waals surface area contributed by atoms with Gasteiger partial charge in [0, 0.05) is 31.8 Å². The number of carbonyl (C=O) groups is 11. The van der Waals surface area contributed by atoms with Crippen LogP contribution in [-0.4, -0.2) is 153 Å². The molecule has 3 rings (SSSR count). The molecular weight excluding hydrogens is 1010 g/mol. The predicted molar refractivity (Wildman–Crippen MR) is 284 cm³/mol. The second kappa shape index (κ2) is 34.1. The fourth-order valence-corrected chi connectivity index (χ4v) is 9.53. The number of carbonyl (C=O) groups excluding carboxylic acids is 11. The topological polar surface area (TPSA) is 414 Å². The third-order valence-corrected chi connectivity index (χ3v) is 13.9. The minimum absolute atomic E-state index is 0.00957. The number of phenols is 1. The number of unbranched alkanes of at least 4 members (excludes halogenated alkanes) is 8. The molecule has 0 bridgehead atoms. The van der Waals surface area contributed by atoms with E-state index in [1.54, 1.807) is 0 Å². The zero-order valence-electron chi connectivity index (χ0n) is 45.4. The van der Waals surface area contributed by atoms with Crippen LogP contribution in [0.25, 0.3) is 0 Å². The van der Waals surface area contributed by atoms with E-state index in [0.29, 0.717) is 24.3 Å². The van der Waals surface area contributed by atoms with Gasteiger partial charge in [0.25, 0.3) is 0 Å². The van der Waals surface area contributed by atoms with Gasteiger partial charge in [-0.2, -0.15) is 0 Å². The lowest BCUT2D eigenvalue weighted by Gasteiger charge is -2.30. The van der Waals surface area contributed by atoms with Gasteiger partial charge < -0.3 is 74.6 Å². The van der Waals surface area contributed by atoms with Crippen LogP contribution in [0.15, 0.2) is 24.3 Å². The molecule has 0 radical (unpaired) electrons. The number of nitrogens with zero attached hydrogens (tertiary/aromatic N) is 1. The predicted octanol–water partition coefficient (Wildman–Crippen LogP) is -1.16. The molecule has 0 spiro atoms. The summed E-state index contributed by atoms with van der Waals surface area (Å²) in [6.07, 6.45) is 7.90. The number of nitrogens with two attached hydrogens (primary N) is 3. The van der Waals surface area contributed by atoms with E-state index in [0.717, 1.165) is 37.0 Å².